The summed E-state index contributed by atoms with van der Waals surface area (Å²) in [4.78, 5) is 0. The van der Waals surface area contributed by atoms with E-state index in [0.29, 0.717) is 39.3 Å². The molecule has 0 spiro atoms. The number of nitriles is 2. The smallest absolute Gasteiger partial charge is 0.0738 e. The highest BCUT2D eigenvalue weighted by Crippen LogP contribution is 2.56. The van der Waals surface area contributed by atoms with E-state index in [0.717, 1.165) is 38.5 Å². The van der Waals surface area contributed by atoms with E-state index < -0.39 is 0 Å². The highest BCUT2D eigenvalue weighted by atomic mass is 16.5. The molecule has 180 valence electrons. The van der Waals surface area contributed by atoms with Crippen LogP contribution < -0.4 is 0 Å². The van der Waals surface area contributed by atoms with Gasteiger partial charge in [-0.25, -0.2) is 0 Å². The Labute approximate surface area is 200 Å². The van der Waals surface area contributed by atoms with Crippen molar-refractivity contribution >= 4 is 0 Å². The fourth-order valence-electron chi connectivity index (χ4n) is 6.28. The molecule has 5 heteroatoms. The molecule has 2 bridgehead atoms. The molecule has 2 fully saturated rings. The van der Waals surface area contributed by atoms with Crippen molar-refractivity contribution in [3.8, 4) is 12.1 Å². The molecule has 2 rings (SSSR count). The minimum atomic E-state index is -0.276. The molecule has 0 aromatic carbocycles. The van der Waals surface area contributed by atoms with Crippen molar-refractivity contribution in [2.75, 3.05) is 26.4 Å². The van der Waals surface area contributed by atoms with Crippen LogP contribution in [0.4, 0.5) is 0 Å². The first-order chi connectivity index (χ1) is 16.1. The summed E-state index contributed by atoms with van der Waals surface area (Å²) in [6, 6.07) is 4.42. The van der Waals surface area contributed by atoms with Crippen LogP contribution in [0.2, 0.25) is 0 Å². The van der Waals surface area contributed by atoms with E-state index in [9.17, 15) is 0 Å². The fourth-order valence-corrected chi connectivity index (χ4v) is 6.28. The second-order valence-corrected chi connectivity index (χ2v) is 9.58. The monoisotopic (exact) mass is 452 g/mol. The molecule has 5 nitrogen and oxygen atoms in total. The quantitative estimate of drug-likeness (QED) is 0.242. The highest BCUT2D eigenvalue weighted by Gasteiger charge is 2.58. The molecule has 0 amide bonds. The van der Waals surface area contributed by atoms with Crippen molar-refractivity contribution in [1.82, 2.24) is 0 Å². The van der Waals surface area contributed by atoms with Crippen molar-refractivity contribution in [1.29, 1.82) is 10.5 Å². The van der Waals surface area contributed by atoms with Gasteiger partial charge < -0.3 is 14.2 Å². The standard InChI is InChI=1S/C28H40N2O3/c1-5-11-23-19-27(13-7-3)21-31-22-28(14-8-4,26(27)33-18-10-16-30)20-24(12-6-2)25(23)32-17-9-15-29/h5-8,23-26H,1-4,9-14,17-22H2. The zero-order chi connectivity index (χ0) is 24.2. The summed E-state index contributed by atoms with van der Waals surface area (Å²) in [6.07, 6.45) is 13.3. The molecule has 1 saturated heterocycles. The van der Waals surface area contributed by atoms with Gasteiger partial charge in [-0.15, -0.1) is 26.3 Å². The molecule has 0 aromatic rings. The van der Waals surface area contributed by atoms with Crippen LogP contribution in [-0.4, -0.2) is 38.6 Å². The Morgan fingerprint density at radius 3 is 1.70 bits per heavy atom. The van der Waals surface area contributed by atoms with Crippen molar-refractivity contribution in [3.05, 3.63) is 50.6 Å². The fraction of sp³-hybridized carbons (Fsp3) is 0.643. The molecule has 1 heterocycles. The van der Waals surface area contributed by atoms with Gasteiger partial charge in [0.05, 0.1) is 63.6 Å². The van der Waals surface area contributed by atoms with E-state index in [4.69, 9.17) is 24.7 Å². The molecule has 0 N–H and O–H groups in total. The summed E-state index contributed by atoms with van der Waals surface area (Å²) in [7, 11) is 0. The van der Waals surface area contributed by atoms with Gasteiger partial charge >= 0.3 is 0 Å². The maximum atomic E-state index is 9.15. The molecule has 0 radical (unpaired) electrons. The van der Waals surface area contributed by atoms with E-state index in [1.807, 2.05) is 24.3 Å². The maximum Gasteiger partial charge on any atom is 0.0738 e. The Kier molecular flexibility index (Phi) is 11.1. The summed E-state index contributed by atoms with van der Waals surface area (Å²) < 4.78 is 19.4. The maximum absolute atomic E-state index is 9.15. The van der Waals surface area contributed by atoms with Crippen LogP contribution in [-0.2, 0) is 14.2 Å². The van der Waals surface area contributed by atoms with Gasteiger partial charge in [0.2, 0.25) is 0 Å². The Bertz CT molecular complexity index is 709. The first-order valence-corrected chi connectivity index (χ1v) is 12.0. The van der Waals surface area contributed by atoms with Gasteiger partial charge in [-0.3, -0.25) is 0 Å². The van der Waals surface area contributed by atoms with Crippen molar-refractivity contribution < 1.29 is 14.2 Å². The lowest BCUT2D eigenvalue weighted by Gasteiger charge is -2.58. The largest absolute Gasteiger partial charge is 0.380 e. The molecular formula is C28H40N2O3. The summed E-state index contributed by atoms with van der Waals surface area (Å²) in [6.45, 7) is 18.2. The van der Waals surface area contributed by atoms with E-state index in [2.05, 4.69) is 38.5 Å². The van der Waals surface area contributed by atoms with Crippen LogP contribution >= 0.6 is 0 Å². The van der Waals surface area contributed by atoms with E-state index in [-0.39, 0.29) is 34.9 Å². The average molecular weight is 453 g/mol. The van der Waals surface area contributed by atoms with Gasteiger partial charge in [0.25, 0.3) is 0 Å². The van der Waals surface area contributed by atoms with Crippen LogP contribution in [0.25, 0.3) is 0 Å². The number of fused-ring (bicyclic) bond motifs is 2. The lowest BCUT2D eigenvalue weighted by molar-refractivity contribution is -0.233. The zero-order valence-electron chi connectivity index (χ0n) is 20.1. The van der Waals surface area contributed by atoms with E-state index in [1.165, 1.54) is 0 Å². The minimum Gasteiger partial charge on any atom is -0.380 e. The van der Waals surface area contributed by atoms with Gasteiger partial charge in [0.15, 0.2) is 0 Å². The average Bonchev–Trinajstić information content (AvgIpc) is 2.78. The van der Waals surface area contributed by atoms with E-state index >= 15 is 0 Å². The molecule has 0 aromatic heterocycles. The topological polar surface area (TPSA) is 75.3 Å². The predicted octanol–water partition coefficient (Wildman–Crippen LogP) is 5.92. The Hall–Kier alpha value is -2.18. The SMILES string of the molecule is C=CCC1CC2(CC=C)COCC(CC=C)(CC(CC=C)C1OCCC#N)C2OCCC#N. The lowest BCUT2D eigenvalue weighted by atomic mass is 9.55. The molecule has 4 atom stereocenters. The number of nitrogens with zero attached hydrogens (tertiary/aromatic N) is 2. The zero-order valence-corrected chi connectivity index (χ0v) is 20.1. The highest BCUT2D eigenvalue weighted by molar-refractivity contribution is 5.11. The van der Waals surface area contributed by atoms with Gasteiger partial charge in [-0.2, -0.15) is 10.5 Å². The number of hydrogen-bond acceptors (Lipinski definition) is 5. The Morgan fingerprint density at radius 1 is 0.788 bits per heavy atom. The Balaban J connectivity index is 2.61. The first kappa shape index (κ1) is 27.1. The van der Waals surface area contributed by atoms with Gasteiger partial charge in [0, 0.05) is 10.8 Å². The third-order valence-electron chi connectivity index (χ3n) is 7.22. The van der Waals surface area contributed by atoms with Crippen molar-refractivity contribution in [2.45, 2.75) is 63.6 Å². The van der Waals surface area contributed by atoms with Crippen LogP contribution in [0.1, 0.15) is 51.4 Å². The Morgan fingerprint density at radius 2 is 1.27 bits per heavy atom. The number of hydrogen-bond donors (Lipinski definition) is 0. The van der Waals surface area contributed by atoms with E-state index in [1.54, 1.807) is 0 Å². The summed E-state index contributed by atoms with van der Waals surface area (Å²) in [5, 5.41) is 18.2. The van der Waals surface area contributed by atoms with Crippen LogP contribution in [0.5, 0.6) is 0 Å². The minimum absolute atomic E-state index is 0.0131. The first-order valence-electron chi connectivity index (χ1n) is 12.0. The predicted molar refractivity (Wildman–Crippen MR) is 131 cm³/mol. The number of rotatable bonds is 14. The van der Waals surface area contributed by atoms with Crippen molar-refractivity contribution in [3.63, 3.8) is 0 Å². The van der Waals surface area contributed by atoms with Crippen LogP contribution in [0, 0.1) is 45.3 Å². The normalized spacial score (nSPS) is 33.5. The lowest BCUT2D eigenvalue weighted by Crippen LogP contribution is -2.61. The summed E-state index contributed by atoms with van der Waals surface area (Å²) >= 11 is 0. The number of allylic oxidation sites excluding steroid dienone is 4. The molecular weight excluding hydrogens is 412 g/mol. The second-order valence-electron chi connectivity index (χ2n) is 9.58. The molecule has 1 saturated carbocycles. The van der Waals surface area contributed by atoms with Gasteiger partial charge in [0.1, 0.15) is 0 Å². The molecule has 1 aliphatic carbocycles. The van der Waals surface area contributed by atoms with Crippen LogP contribution in [0.15, 0.2) is 50.6 Å². The van der Waals surface area contributed by atoms with Crippen LogP contribution in [0.3, 0.4) is 0 Å². The molecule has 33 heavy (non-hydrogen) atoms. The van der Waals surface area contributed by atoms with Crippen molar-refractivity contribution in [2.24, 2.45) is 22.7 Å². The third-order valence-corrected chi connectivity index (χ3v) is 7.22. The van der Waals surface area contributed by atoms with Gasteiger partial charge in [-0.1, -0.05) is 24.3 Å². The van der Waals surface area contributed by atoms with Gasteiger partial charge in [-0.05, 0) is 50.4 Å². The summed E-state index contributed by atoms with van der Waals surface area (Å²) in [5.74, 6) is 0.410. The number of ether oxygens (including phenoxy) is 3. The summed E-state index contributed by atoms with van der Waals surface area (Å²) in [5.41, 5.74) is -0.551. The molecule has 4 unspecified atom stereocenters. The third kappa shape index (κ3) is 6.45. The molecule has 2 aliphatic rings. The molecule has 1 aliphatic heterocycles. The second kappa shape index (κ2) is 13.5.